The molecule has 19 heavy (non-hydrogen) atoms. The Hall–Kier alpha value is -1.05. The molecular weight excluding hydrogens is 328 g/mol. The van der Waals surface area contributed by atoms with Crippen LogP contribution in [0, 0.1) is 0 Å². The van der Waals surface area contributed by atoms with E-state index in [9.17, 15) is 4.79 Å². The molecular formula is C12H15BrN4OS. The highest BCUT2D eigenvalue weighted by Gasteiger charge is 2.24. The van der Waals surface area contributed by atoms with E-state index in [-0.39, 0.29) is 5.91 Å². The van der Waals surface area contributed by atoms with Gasteiger partial charge in [-0.3, -0.25) is 9.69 Å². The van der Waals surface area contributed by atoms with Crippen molar-refractivity contribution in [3.63, 3.8) is 0 Å². The van der Waals surface area contributed by atoms with Crippen molar-refractivity contribution in [1.29, 1.82) is 0 Å². The molecule has 1 saturated heterocycles. The van der Waals surface area contributed by atoms with Gasteiger partial charge in [0.1, 0.15) is 5.69 Å². The molecule has 1 aromatic heterocycles. The largest absolute Gasteiger partial charge is 0.392 e. The highest BCUT2D eigenvalue weighted by molar-refractivity contribution is 9.10. The number of halogens is 1. The summed E-state index contributed by atoms with van der Waals surface area (Å²) in [6, 6.07) is 3.62. The standard InChI is InChI=1S/C12H15BrN4OS/c13-9-2-1-3-15-11(9)12(18)17-6-4-16(5-7-17)8-10(14)19/h1-3H,4-8H2,(H2,14,19). The number of amides is 1. The molecule has 0 unspecified atom stereocenters. The molecule has 102 valence electrons. The molecule has 0 aromatic carbocycles. The minimum absolute atomic E-state index is 0.0394. The summed E-state index contributed by atoms with van der Waals surface area (Å²) in [6.07, 6.45) is 1.63. The van der Waals surface area contributed by atoms with E-state index in [1.165, 1.54) is 0 Å². The van der Waals surface area contributed by atoms with E-state index in [1.807, 2.05) is 11.0 Å². The van der Waals surface area contributed by atoms with E-state index in [2.05, 4.69) is 25.8 Å². The topological polar surface area (TPSA) is 62.5 Å². The smallest absolute Gasteiger partial charge is 0.273 e. The van der Waals surface area contributed by atoms with Crippen LogP contribution in [0.15, 0.2) is 22.8 Å². The minimum atomic E-state index is -0.0394. The second kappa shape index (κ2) is 6.40. The highest BCUT2D eigenvalue weighted by atomic mass is 79.9. The zero-order chi connectivity index (χ0) is 13.8. The lowest BCUT2D eigenvalue weighted by molar-refractivity contribution is 0.0647. The number of nitrogens with zero attached hydrogens (tertiary/aromatic N) is 3. The van der Waals surface area contributed by atoms with Crippen LogP contribution < -0.4 is 5.73 Å². The third-order valence-electron chi connectivity index (χ3n) is 3.00. The van der Waals surface area contributed by atoms with E-state index in [1.54, 1.807) is 12.3 Å². The first kappa shape index (κ1) is 14.4. The summed E-state index contributed by atoms with van der Waals surface area (Å²) >= 11 is 8.24. The maximum Gasteiger partial charge on any atom is 0.273 e. The van der Waals surface area contributed by atoms with E-state index in [0.717, 1.165) is 17.6 Å². The summed E-state index contributed by atoms with van der Waals surface area (Å²) in [7, 11) is 0. The van der Waals surface area contributed by atoms with Gasteiger partial charge in [-0.05, 0) is 28.1 Å². The third kappa shape index (κ3) is 3.71. The lowest BCUT2D eigenvalue weighted by Gasteiger charge is -2.34. The van der Waals surface area contributed by atoms with Gasteiger partial charge in [-0.15, -0.1) is 0 Å². The quantitative estimate of drug-likeness (QED) is 0.826. The van der Waals surface area contributed by atoms with Gasteiger partial charge in [0.05, 0.1) is 4.99 Å². The molecule has 1 aromatic rings. The predicted octanol–water partition coefficient (Wildman–Crippen LogP) is 0.888. The van der Waals surface area contributed by atoms with Crippen molar-refractivity contribution >= 4 is 39.0 Å². The molecule has 2 N–H and O–H groups in total. The van der Waals surface area contributed by atoms with E-state index in [4.69, 9.17) is 18.0 Å². The van der Waals surface area contributed by atoms with Crippen LogP contribution in [-0.2, 0) is 0 Å². The van der Waals surface area contributed by atoms with Crippen molar-refractivity contribution in [3.05, 3.63) is 28.5 Å². The molecule has 0 saturated carbocycles. The Labute approximate surface area is 125 Å². The fourth-order valence-electron chi connectivity index (χ4n) is 2.02. The van der Waals surface area contributed by atoms with Gasteiger partial charge in [-0.25, -0.2) is 4.98 Å². The monoisotopic (exact) mass is 342 g/mol. The normalized spacial score (nSPS) is 16.4. The number of thiocarbonyl (C=S) groups is 1. The van der Waals surface area contributed by atoms with Gasteiger partial charge < -0.3 is 10.6 Å². The molecule has 2 rings (SSSR count). The number of aromatic nitrogens is 1. The van der Waals surface area contributed by atoms with E-state index in [0.29, 0.717) is 30.3 Å². The Morgan fingerprint density at radius 3 is 2.68 bits per heavy atom. The van der Waals surface area contributed by atoms with Crippen LogP contribution in [0.1, 0.15) is 10.5 Å². The zero-order valence-electron chi connectivity index (χ0n) is 10.4. The summed E-state index contributed by atoms with van der Waals surface area (Å²) < 4.78 is 0.727. The SMILES string of the molecule is NC(=S)CN1CCN(C(=O)c2ncccc2Br)CC1. The van der Waals surface area contributed by atoms with Crippen LogP contribution >= 0.6 is 28.1 Å². The van der Waals surface area contributed by atoms with Gasteiger partial charge in [0.2, 0.25) is 0 Å². The van der Waals surface area contributed by atoms with Gasteiger partial charge in [0.25, 0.3) is 5.91 Å². The number of carbonyl (C=O) groups excluding carboxylic acids is 1. The lowest BCUT2D eigenvalue weighted by atomic mass is 10.2. The van der Waals surface area contributed by atoms with Crippen LogP contribution in [0.2, 0.25) is 0 Å². The zero-order valence-corrected chi connectivity index (χ0v) is 12.8. The molecule has 1 fully saturated rings. The van der Waals surface area contributed by atoms with Crippen molar-refractivity contribution in [1.82, 2.24) is 14.8 Å². The fraction of sp³-hybridized carbons (Fsp3) is 0.417. The van der Waals surface area contributed by atoms with Gasteiger partial charge in [0, 0.05) is 43.4 Å². The predicted molar refractivity (Wildman–Crippen MR) is 81.1 cm³/mol. The van der Waals surface area contributed by atoms with Crippen LogP contribution in [-0.4, -0.2) is 58.4 Å². The Morgan fingerprint density at radius 1 is 1.42 bits per heavy atom. The number of rotatable bonds is 3. The molecule has 2 heterocycles. The van der Waals surface area contributed by atoms with Crippen molar-refractivity contribution in [2.75, 3.05) is 32.7 Å². The van der Waals surface area contributed by atoms with Gasteiger partial charge in [-0.1, -0.05) is 12.2 Å². The Bertz CT molecular complexity index is 488. The molecule has 7 heteroatoms. The van der Waals surface area contributed by atoms with Crippen molar-refractivity contribution < 1.29 is 4.79 Å². The molecule has 0 aliphatic carbocycles. The average molecular weight is 343 g/mol. The maximum absolute atomic E-state index is 12.3. The van der Waals surface area contributed by atoms with Gasteiger partial charge >= 0.3 is 0 Å². The van der Waals surface area contributed by atoms with Crippen molar-refractivity contribution in [2.24, 2.45) is 5.73 Å². The number of pyridine rings is 1. The molecule has 0 atom stereocenters. The summed E-state index contributed by atoms with van der Waals surface area (Å²) in [6.45, 7) is 3.53. The summed E-state index contributed by atoms with van der Waals surface area (Å²) in [5.74, 6) is -0.0394. The Kier molecular flexibility index (Phi) is 4.84. The average Bonchev–Trinajstić information content (AvgIpc) is 2.39. The molecule has 1 amide bonds. The first-order valence-electron chi connectivity index (χ1n) is 5.98. The first-order chi connectivity index (χ1) is 9.08. The van der Waals surface area contributed by atoms with E-state index < -0.39 is 0 Å². The second-order valence-corrected chi connectivity index (χ2v) is 5.75. The van der Waals surface area contributed by atoms with E-state index >= 15 is 0 Å². The number of hydrogen-bond donors (Lipinski definition) is 1. The number of piperazine rings is 1. The fourth-order valence-corrected chi connectivity index (χ4v) is 2.63. The van der Waals surface area contributed by atoms with Crippen LogP contribution in [0.25, 0.3) is 0 Å². The number of nitrogens with two attached hydrogens (primary N) is 1. The summed E-state index contributed by atoms with van der Waals surface area (Å²) in [5.41, 5.74) is 5.98. The summed E-state index contributed by atoms with van der Waals surface area (Å²) in [4.78, 5) is 20.9. The molecule has 0 bridgehead atoms. The molecule has 0 spiro atoms. The highest BCUT2D eigenvalue weighted by Crippen LogP contribution is 2.16. The number of hydrogen-bond acceptors (Lipinski definition) is 4. The Balaban J connectivity index is 1.96. The minimum Gasteiger partial charge on any atom is -0.392 e. The Morgan fingerprint density at radius 2 is 2.11 bits per heavy atom. The van der Waals surface area contributed by atoms with Gasteiger partial charge in [-0.2, -0.15) is 0 Å². The number of carbonyl (C=O) groups is 1. The van der Waals surface area contributed by atoms with Gasteiger partial charge in [0.15, 0.2) is 0 Å². The van der Waals surface area contributed by atoms with Crippen molar-refractivity contribution in [3.8, 4) is 0 Å². The second-order valence-electron chi connectivity index (χ2n) is 4.37. The van der Waals surface area contributed by atoms with Crippen molar-refractivity contribution in [2.45, 2.75) is 0 Å². The first-order valence-corrected chi connectivity index (χ1v) is 7.18. The molecule has 1 aliphatic rings. The van der Waals surface area contributed by atoms with Crippen LogP contribution in [0.3, 0.4) is 0 Å². The van der Waals surface area contributed by atoms with Crippen LogP contribution in [0.4, 0.5) is 0 Å². The summed E-state index contributed by atoms with van der Waals surface area (Å²) in [5, 5.41) is 0. The molecule has 1 aliphatic heterocycles. The third-order valence-corrected chi connectivity index (χ3v) is 3.77. The molecule has 5 nitrogen and oxygen atoms in total. The maximum atomic E-state index is 12.3. The van der Waals surface area contributed by atoms with Crippen LogP contribution in [0.5, 0.6) is 0 Å². The lowest BCUT2D eigenvalue weighted by Crippen LogP contribution is -2.50. The molecule has 0 radical (unpaired) electrons.